The molecule has 0 unspecified atom stereocenters. The second-order valence-corrected chi connectivity index (χ2v) is 9.87. The van der Waals surface area contributed by atoms with Gasteiger partial charge in [0.1, 0.15) is 4.90 Å². The fraction of sp³-hybridized carbons (Fsp3) is 0.632. The van der Waals surface area contributed by atoms with Gasteiger partial charge in [0, 0.05) is 13.1 Å². The molecule has 8 heteroatoms. The highest BCUT2D eigenvalue weighted by atomic mass is 35.5. The minimum Gasteiger partial charge on any atom is -0.338 e. The number of amides is 1. The zero-order valence-corrected chi connectivity index (χ0v) is 17.4. The van der Waals surface area contributed by atoms with Crippen molar-refractivity contribution in [2.75, 3.05) is 39.8 Å². The number of nitrogens with zero attached hydrogens (tertiary/aromatic N) is 2. The molecule has 0 spiro atoms. The molecule has 2 fully saturated rings. The molecule has 27 heavy (non-hydrogen) atoms. The number of carbonyl (C=O) groups is 1. The van der Waals surface area contributed by atoms with Crippen molar-refractivity contribution in [3.05, 3.63) is 29.3 Å². The maximum absolute atomic E-state index is 12.8. The first-order valence-electron chi connectivity index (χ1n) is 9.73. The van der Waals surface area contributed by atoms with E-state index in [1.165, 1.54) is 23.6 Å². The van der Waals surface area contributed by atoms with Crippen LogP contribution in [0, 0.1) is 0 Å². The lowest BCUT2D eigenvalue weighted by atomic mass is 9.94. The van der Waals surface area contributed by atoms with E-state index in [4.69, 9.17) is 11.6 Å². The molecule has 1 saturated carbocycles. The molecule has 6 nitrogen and oxygen atoms in total. The number of carbonyl (C=O) groups excluding carboxylic acids is 1. The monoisotopic (exact) mass is 414 g/mol. The molecule has 1 N–H and O–H groups in total. The van der Waals surface area contributed by atoms with Crippen molar-refractivity contribution >= 4 is 27.5 Å². The smallest absolute Gasteiger partial charge is 0.277 e. The van der Waals surface area contributed by atoms with Crippen LogP contribution in [0.2, 0.25) is 5.02 Å². The zero-order valence-electron chi connectivity index (χ0n) is 15.9. The molecule has 0 aromatic heterocycles. The van der Waals surface area contributed by atoms with E-state index in [-0.39, 0.29) is 15.8 Å². The SMILES string of the molecule is CN(C(=O)C[NH+]1CCN(S(=O)(=O)c2ccccc2Cl)CC1)C1CCCCC1. The summed E-state index contributed by atoms with van der Waals surface area (Å²) < 4.78 is 27.1. The minimum atomic E-state index is -3.59. The molecule has 0 bridgehead atoms. The fourth-order valence-electron chi connectivity index (χ4n) is 4.02. The molecule has 1 heterocycles. The summed E-state index contributed by atoms with van der Waals surface area (Å²) in [4.78, 5) is 15.8. The average molecular weight is 415 g/mol. The normalized spacial score (nSPS) is 20.5. The van der Waals surface area contributed by atoms with Gasteiger partial charge in [-0.05, 0) is 25.0 Å². The number of sulfonamides is 1. The molecular weight excluding hydrogens is 386 g/mol. The Balaban J connectivity index is 1.54. The number of nitrogens with one attached hydrogen (secondary N) is 1. The van der Waals surface area contributed by atoms with Gasteiger partial charge >= 0.3 is 0 Å². The van der Waals surface area contributed by atoms with Gasteiger partial charge in [0.15, 0.2) is 6.54 Å². The number of benzene rings is 1. The quantitative estimate of drug-likeness (QED) is 0.782. The van der Waals surface area contributed by atoms with Crippen LogP contribution in [0.15, 0.2) is 29.2 Å². The van der Waals surface area contributed by atoms with Gasteiger partial charge in [0.05, 0.1) is 31.2 Å². The Kier molecular flexibility index (Phi) is 6.78. The first kappa shape index (κ1) is 20.6. The van der Waals surface area contributed by atoms with E-state index < -0.39 is 10.0 Å². The van der Waals surface area contributed by atoms with Gasteiger partial charge in [-0.25, -0.2) is 8.42 Å². The average Bonchev–Trinajstić information content (AvgIpc) is 2.68. The van der Waals surface area contributed by atoms with Gasteiger partial charge in [-0.3, -0.25) is 4.79 Å². The number of halogens is 1. The summed E-state index contributed by atoms with van der Waals surface area (Å²) >= 11 is 6.07. The van der Waals surface area contributed by atoms with Gasteiger partial charge in [0.25, 0.3) is 5.91 Å². The summed E-state index contributed by atoms with van der Waals surface area (Å²) in [6.07, 6.45) is 5.87. The van der Waals surface area contributed by atoms with E-state index in [0.29, 0.717) is 38.8 Å². The summed E-state index contributed by atoms with van der Waals surface area (Å²) in [6, 6.07) is 6.90. The van der Waals surface area contributed by atoms with E-state index in [9.17, 15) is 13.2 Å². The maximum Gasteiger partial charge on any atom is 0.277 e. The number of piperazine rings is 1. The lowest BCUT2D eigenvalue weighted by Gasteiger charge is -2.34. The van der Waals surface area contributed by atoms with Gasteiger partial charge in [-0.15, -0.1) is 0 Å². The zero-order chi connectivity index (χ0) is 19.4. The summed E-state index contributed by atoms with van der Waals surface area (Å²) in [5, 5.41) is 0.247. The molecule has 1 aliphatic heterocycles. The Bertz CT molecular complexity index is 757. The fourth-order valence-corrected chi connectivity index (χ4v) is 5.96. The lowest BCUT2D eigenvalue weighted by Crippen LogP contribution is -3.15. The Morgan fingerprint density at radius 2 is 1.81 bits per heavy atom. The third-order valence-electron chi connectivity index (χ3n) is 5.80. The summed E-state index contributed by atoms with van der Waals surface area (Å²) in [7, 11) is -1.67. The summed E-state index contributed by atoms with van der Waals surface area (Å²) in [5.41, 5.74) is 0. The van der Waals surface area contributed by atoms with E-state index in [1.807, 2.05) is 11.9 Å². The molecular formula is C19H29ClN3O3S+. The summed E-state index contributed by atoms with van der Waals surface area (Å²) in [5.74, 6) is 0.166. The van der Waals surface area contributed by atoms with Crippen molar-refractivity contribution in [2.24, 2.45) is 0 Å². The van der Waals surface area contributed by atoms with Crippen molar-refractivity contribution < 1.29 is 18.1 Å². The first-order valence-corrected chi connectivity index (χ1v) is 11.6. The first-order chi connectivity index (χ1) is 12.9. The van der Waals surface area contributed by atoms with E-state index >= 15 is 0 Å². The van der Waals surface area contributed by atoms with Crippen molar-refractivity contribution in [1.82, 2.24) is 9.21 Å². The van der Waals surface area contributed by atoms with E-state index in [1.54, 1.807) is 24.3 Å². The topological polar surface area (TPSA) is 62.1 Å². The van der Waals surface area contributed by atoms with Crippen molar-refractivity contribution in [3.63, 3.8) is 0 Å². The molecule has 1 amide bonds. The highest BCUT2D eigenvalue weighted by molar-refractivity contribution is 7.89. The van der Waals surface area contributed by atoms with Gasteiger partial charge < -0.3 is 9.80 Å². The van der Waals surface area contributed by atoms with Crippen LogP contribution in [0.25, 0.3) is 0 Å². The number of rotatable bonds is 5. The molecule has 2 aliphatic rings. The molecule has 1 aromatic rings. The van der Waals surface area contributed by atoms with Crippen LogP contribution < -0.4 is 4.90 Å². The largest absolute Gasteiger partial charge is 0.338 e. The predicted molar refractivity (Wildman–Crippen MR) is 105 cm³/mol. The molecule has 0 atom stereocenters. The highest BCUT2D eigenvalue weighted by Crippen LogP contribution is 2.24. The van der Waals surface area contributed by atoms with E-state index in [2.05, 4.69) is 0 Å². The van der Waals surface area contributed by atoms with E-state index in [0.717, 1.165) is 17.7 Å². The van der Waals surface area contributed by atoms with Crippen molar-refractivity contribution in [3.8, 4) is 0 Å². The number of hydrogen-bond acceptors (Lipinski definition) is 3. The second-order valence-electron chi connectivity index (χ2n) is 7.56. The predicted octanol–water partition coefficient (Wildman–Crippen LogP) is 1.02. The molecule has 3 rings (SSSR count). The van der Waals surface area contributed by atoms with Crippen LogP contribution in [0.5, 0.6) is 0 Å². The maximum atomic E-state index is 12.8. The van der Waals surface area contributed by atoms with Crippen LogP contribution in [0.4, 0.5) is 0 Å². The third-order valence-corrected chi connectivity index (χ3v) is 8.20. The Hall–Kier alpha value is -1.15. The lowest BCUT2D eigenvalue weighted by molar-refractivity contribution is -0.896. The molecule has 1 aromatic carbocycles. The summed E-state index contributed by atoms with van der Waals surface area (Å²) in [6.45, 7) is 2.52. The number of quaternary nitrogens is 1. The molecule has 0 radical (unpaired) electrons. The van der Waals surface area contributed by atoms with Crippen LogP contribution in [-0.4, -0.2) is 69.3 Å². The van der Waals surface area contributed by atoms with Gasteiger partial charge in [-0.1, -0.05) is 43.0 Å². The van der Waals surface area contributed by atoms with Crippen LogP contribution in [0.1, 0.15) is 32.1 Å². The Labute approximate surface area is 167 Å². The molecule has 150 valence electrons. The Morgan fingerprint density at radius 1 is 1.19 bits per heavy atom. The molecule has 1 saturated heterocycles. The van der Waals surface area contributed by atoms with Crippen molar-refractivity contribution in [2.45, 2.75) is 43.0 Å². The number of likely N-dealkylation sites (N-methyl/N-ethyl adjacent to an activating group) is 1. The standard InChI is InChI=1S/C19H28ClN3O3S/c1-21(16-7-3-2-4-8-16)19(24)15-22-11-13-23(14-12-22)27(25,26)18-10-6-5-9-17(18)20/h5-6,9-10,16H,2-4,7-8,11-15H2,1H3/p+1. The van der Waals surface area contributed by atoms with Crippen molar-refractivity contribution in [1.29, 1.82) is 0 Å². The third kappa shape index (κ3) is 4.83. The Morgan fingerprint density at radius 3 is 2.44 bits per heavy atom. The number of hydrogen-bond donors (Lipinski definition) is 1. The van der Waals surface area contributed by atoms with Crippen LogP contribution in [-0.2, 0) is 14.8 Å². The van der Waals surface area contributed by atoms with Gasteiger partial charge in [0.2, 0.25) is 10.0 Å². The minimum absolute atomic E-state index is 0.156. The highest BCUT2D eigenvalue weighted by Gasteiger charge is 2.33. The second kappa shape index (κ2) is 8.90. The van der Waals surface area contributed by atoms with Crippen LogP contribution in [0.3, 0.4) is 0 Å². The van der Waals surface area contributed by atoms with Crippen LogP contribution >= 0.6 is 11.6 Å². The van der Waals surface area contributed by atoms with Gasteiger partial charge in [-0.2, -0.15) is 4.31 Å². The molecule has 1 aliphatic carbocycles.